The van der Waals surface area contributed by atoms with Crippen molar-refractivity contribution in [2.45, 2.75) is 6.92 Å². The zero-order valence-electron chi connectivity index (χ0n) is 9.15. The van der Waals surface area contributed by atoms with Gasteiger partial charge >= 0.3 is 0 Å². The van der Waals surface area contributed by atoms with Crippen LogP contribution in [0, 0.1) is 6.92 Å². The van der Waals surface area contributed by atoms with Gasteiger partial charge in [0.15, 0.2) is 5.82 Å². The van der Waals surface area contributed by atoms with Gasteiger partial charge in [-0.3, -0.25) is 5.01 Å². The van der Waals surface area contributed by atoms with Gasteiger partial charge in [0, 0.05) is 24.9 Å². The number of hydrogen-bond donors (Lipinski definition) is 1. The van der Waals surface area contributed by atoms with Gasteiger partial charge in [0.25, 0.3) is 0 Å². The second-order valence-corrected chi connectivity index (χ2v) is 3.44. The second-order valence-electron chi connectivity index (χ2n) is 3.44. The van der Waals surface area contributed by atoms with Gasteiger partial charge < -0.3 is 0 Å². The van der Waals surface area contributed by atoms with E-state index < -0.39 is 0 Å². The minimum absolute atomic E-state index is 0.846. The molecule has 78 valence electrons. The number of hydrazine groups is 1. The van der Waals surface area contributed by atoms with Crippen LogP contribution in [0.15, 0.2) is 24.3 Å². The molecule has 0 radical (unpaired) electrons. The molecule has 0 amide bonds. The lowest BCUT2D eigenvalue weighted by molar-refractivity contribution is 0.766. The number of nitrogens with one attached hydrogen (secondary N) is 1. The lowest BCUT2D eigenvalue weighted by Crippen LogP contribution is -2.31. The van der Waals surface area contributed by atoms with Crippen molar-refractivity contribution in [3.05, 3.63) is 30.0 Å². The average molecular weight is 202 g/mol. The Kier molecular flexibility index (Phi) is 2.51. The van der Waals surface area contributed by atoms with Gasteiger partial charge in [0.05, 0.1) is 5.69 Å². The van der Waals surface area contributed by atoms with Crippen molar-refractivity contribution in [1.82, 2.24) is 15.6 Å². The van der Waals surface area contributed by atoms with Gasteiger partial charge in [-0.15, -0.1) is 5.10 Å². The SMILES string of the molecule is CNN(C)c1nnc(C)c2ccccc12. The Morgan fingerprint density at radius 1 is 1.13 bits per heavy atom. The number of aryl methyl sites for hydroxylation is 1. The molecule has 0 aliphatic heterocycles. The summed E-state index contributed by atoms with van der Waals surface area (Å²) in [5.74, 6) is 0.846. The van der Waals surface area contributed by atoms with Crippen LogP contribution >= 0.6 is 0 Å². The van der Waals surface area contributed by atoms with Crippen LogP contribution in [0.2, 0.25) is 0 Å². The van der Waals surface area contributed by atoms with Gasteiger partial charge in [-0.1, -0.05) is 24.3 Å². The lowest BCUT2D eigenvalue weighted by atomic mass is 10.1. The first-order valence-corrected chi connectivity index (χ1v) is 4.87. The number of fused-ring (bicyclic) bond motifs is 1. The Labute approximate surface area is 88.9 Å². The summed E-state index contributed by atoms with van der Waals surface area (Å²) in [5.41, 5.74) is 3.98. The summed E-state index contributed by atoms with van der Waals surface area (Å²) in [4.78, 5) is 0. The summed E-state index contributed by atoms with van der Waals surface area (Å²) in [7, 11) is 3.78. The smallest absolute Gasteiger partial charge is 0.173 e. The van der Waals surface area contributed by atoms with Crippen LogP contribution in [0.25, 0.3) is 10.8 Å². The Morgan fingerprint density at radius 3 is 2.47 bits per heavy atom. The van der Waals surface area contributed by atoms with E-state index in [0.29, 0.717) is 0 Å². The number of anilines is 1. The highest BCUT2D eigenvalue weighted by Crippen LogP contribution is 2.23. The van der Waals surface area contributed by atoms with Crippen molar-refractivity contribution >= 4 is 16.6 Å². The zero-order chi connectivity index (χ0) is 10.8. The van der Waals surface area contributed by atoms with E-state index in [1.165, 1.54) is 0 Å². The first kappa shape index (κ1) is 9.86. The molecule has 4 heteroatoms. The summed E-state index contributed by atoms with van der Waals surface area (Å²) in [5, 5.41) is 12.4. The van der Waals surface area contributed by atoms with Crippen LogP contribution in [-0.4, -0.2) is 24.3 Å². The summed E-state index contributed by atoms with van der Waals surface area (Å²) in [6.45, 7) is 1.97. The van der Waals surface area contributed by atoms with E-state index in [1.807, 2.05) is 38.2 Å². The van der Waals surface area contributed by atoms with Gasteiger partial charge in [-0.2, -0.15) is 5.10 Å². The van der Waals surface area contributed by atoms with Gasteiger partial charge in [-0.25, -0.2) is 5.43 Å². The van der Waals surface area contributed by atoms with E-state index in [2.05, 4.69) is 27.8 Å². The minimum Gasteiger partial charge on any atom is -0.294 e. The van der Waals surface area contributed by atoms with E-state index in [1.54, 1.807) is 0 Å². The van der Waals surface area contributed by atoms with Crippen molar-refractivity contribution in [2.24, 2.45) is 0 Å². The molecule has 0 fully saturated rings. The van der Waals surface area contributed by atoms with Crippen molar-refractivity contribution in [2.75, 3.05) is 19.1 Å². The van der Waals surface area contributed by atoms with E-state index in [4.69, 9.17) is 0 Å². The van der Waals surface area contributed by atoms with Crippen molar-refractivity contribution in [1.29, 1.82) is 0 Å². The molecule has 1 aromatic carbocycles. The Bertz CT molecular complexity index is 481. The second kappa shape index (κ2) is 3.82. The van der Waals surface area contributed by atoms with Crippen LogP contribution in [0.1, 0.15) is 5.69 Å². The molecule has 1 heterocycles. The monoisotopic (exact) mass is 202 g/mol. The number of aromatic nitrogens is 2. The molecular formula is C11H14N4. The quantitative estimate of drug-likeness (QED) is 0.749. The maximum absolute atomic E-state index is 4.19. The molecule has 0 spiro atoms. The van der Waals surface area contributed by atoms with Crippen LogP contribution in [0.4, 0.5) is 5.82 Å². The first-order valence-electron chi connectivity index (χ1n) is 4.87. The van der Waals surface area contributed by atoms with Crippen molar-refractivity contribution in [3.63, 3.8) is 0 Å². The first-order chi connectivity index (χ1) is 7.24. The summed E-state index contributed by atoms with van der Waals surface area (Å²) in [6.07, 6.45) is 0. The predicted octanol–water partition coefficient (Wildman–Crippen LogP) is 1.51. The fraction of sp³-hybridized carbons (Fsp3) is 0.273. The Morgan fingerprint density at radius 2 is 1.80 bits per heavy atom. The molecule has 0 atom stereocenters. The number of hydrogen-bond acceptors (Lipinski definition) is 4. The highest BCUT2D eigenvalue weighted by molar-refractivity contribution is 5.92. The maximum atomic E-state index is 4.19. The fourth-order valence-corrected chi connectivity index (χ4v) is 1.58. The molecule has 15 heavy (non-hydrogen) atoms. The van der Waals surface area contributed by atoms with Gasteiger partial charge in [0.2, 0.25) is 0 Å². The molecule has 0 unspecified atom stereocenters. The third-order valence-electron chi connectivity index (χ3n) is 2.51. The molecule has 1 N–H and O–H groups in total. The average Bonchev–Trinajstić information content (AvgIpc) is 2.29. The molecule has 0 saturated carbocycles. The standard InChI is InChI=1S/C11H14N4/c1-8-9-6-4-5-7-10(9)11(14-13-8)15(3)12-2/h4-7,12H,1-3H3. The van der Waals surface area contributed by atoms with Crippen LogP contribution in [0.5, 0.6) is 0 Å². The minimum atomic E-state index is 0.846. The third kappa shape index (κ3) is 1.64. The summed E-state index contributed by atoms with van der Waals surface area (Å²) in [6, 6.07) is 8.14. The summed E-state index contributed by atoms with van der Waals surface area (Å²) >= 11 is 0. The molecule has 0 aliphatic rings. The topological polar surface area (TPSA) is 41.0 Å². The Balaban J connectivity index is 2.71. The normalized spacial score (nSPS) is 10.6. The number of nitrogens with zero attached hydrogens (tertiary/aromatic N) is 3. The summed E-state index contributed by atoms with van der Waals surface area (Å²) < 4.78 is 0. The largest absolute Gasteiger partial charge is 0.294 e. The van der Waals surface area contributed by atoms with E-state index in [9.17, 15) is 0 Å². The van der Waals surface area contributed by atoms with Crippen LogP contribution in [-0.2, 0) is 0 Å². The van der Waals surface area contributed by atoms with E-state index in [0.717, 1.165) is 22.3 Å². The van der Waals surface area contributed by atoms with Crippen molar-refractivity contribution < 1.29 is 0 Å². The van der Waals surface area contributed by atoms with Gasteiger partial charge in [0.1, 0.15) is 0 Å². The third-order valence-corrected chi connectivity index (χ3v) is 2.51. The zero-order valence-corrected chi connectivity index (χ0v) is 9.15. The molecule has 0 bridgehead atoms. The highest BCUT2D eigenvalue weighted by Gasteiger charge is 2.08. The number of benzene rings is 1. The fourth-order valence-electron chi connectivity index (χ4n) is 1.58. The van der Waals surface area contributed by atoms with Gasteiger partial charge in [-0.05, 0) is 6.92 Å². The molecule has 1 aromatic heterocycles. The van der Waals surface area contributed by atoms with Crippen molar-refractivity contribution in [3.8, 4) is 0 Å². The number of rotatable bonds is 2. The maximum Gasteiger partial charge on any atom is 0.173 e. The highest BCUT2D eigenvalue weighted by atomic mass is 15.5. The molecule has 0 saturated heterocycles. The van der Waals surface area contributed by atoms with Crippen LogP contribution in [0.3, 0.4) is 0 Å². The Hall–Kier alpha value is -1.68. The lowest BCUT2D eigenvalue weighted by Gasteiger charge is -2.17. The molecule has 4 nitrogen and oxygen atoms in total. The molecule has 2 rings (SSSR count). The molecular weight excluding hydrogens is 188 g/mol. The molecule has 2 aromatic rings. The molecule has 0 aliphatic carbocycles. The van der Waals surface area contributed by atoms with Crippen LogP contribution < -0.4 is 10.4 Å². The van der Waals surface area contributed by atoms with E-state index >= 15 is 0 Å². The van der Waals surface area contributed by atoms with E-state index in [-0.39, 0.29) is 0 Å². The predicted molar refractivity (Wildman–Crippen MR) is 61.7 cm³/mol.